The molecule has 4 heteroatoms. The van der Waals surface area contributed by atoms with Crippen molar-refractivity contribution in [2.24, 2.45) is 0 Å². The molecule has 0 atom stereocenters. The minimum atomic E-state index is -0.205. The van der Waals surface area contributed by atoms with E-state index in [0.29, 0.717) is 12.6 Å². The zero-order valence-electron chi connectivity index (χ0n) is 10.4. The number of rotatable bonds is 6. The highest BCUT2D eigenvalue weighted by Crippen LogP contribution is 2.20. The summed E-state index contributed by atoms with van der Waals surface area (Å²) >= 11 is 3.29. The first kappa shape index (κ1) is 14.0. The second kappa shape index (κ2) is 7.22. The maximum absolute atomic E-state index is 13.1. The Morgan fingerprint density at radius 1 is 1.28 bits per heavy atom. The van der Waals surface area contributed by atoms with Crippen LogP contribution in [-0.4, -0.2) is 19.3 Å². The molecule has 0 amide bonds. The van der Waals surface area contributed by atoms with Crippen LogP contribution in [0, 0.1) is 5.82 Å². The predicted octanol–water partition coefficient (Wildman–Crippen LogP) is 3.64. The Kier molecular flexibility index (Phi) is 5.60. The lowest BCUT2D eigenvalue weighted by molar-refractivity contribution is 0.0602. The summed E-state index contributed by atoms with van der Waals surface area (Å²) in [6.07, 6.45) is 5.48. The van der Waals surface area contributed by atoms with Gasteiger partial charge in [-0.2, -0.15) is 0 Å². The monoisotopic (exact) mass is 315 g/mol. The molecule has 1 aliphatic rings. The molecule has 0 heterocycles. The van der Waals surface area contributed by atoms with Crippen LogP contribution in [0.3, 0.4) is 0 Å². The fourth-order valence-corrected chi connectivity index (χ4v) is 2.81. The molecule has 0 aliphatic heterocycles. The Labute approximate surface area is 116 Å². The van der Waals surface area contributed by atoms with Gasteiger partial charge < -0.3 is 10.1 Å². The summed E-state index contributed by atoms with van der Waals surface area (Å²) in [5.41, 5.74) is 0.947. The van der Waals surface area contributed by atoms with Crippen molar-refractivity contribution >= 4 is 15.9 Å². The van der Waals surface area contributed by atoms with Crippen molar-refractivity contribution in [2.75, 3.05) is 13.2 Å². The van der Waals surface area contributed by atoms with E-state index in [2.05, 4.69) is 21.2 Å². The minimum Gasteiger partial charge on any atom is -0.377 e. The molecule has 2 nitrogen and oxygen atoms in total. The van der Waals surface area contributed by atoms with Gasteiger partial charge in [-0.05, 0) is 36.6 Å². The lowest BCUT2D eigenvalue weighted by Gasteiger charge is -2.11. The molecule has 1 fully saturated rings. The predicted molar refractivity (Wildman–Crippen MR) is 74.0 cm³/mol. The summed E-state index contributed by atoms with van der Waals surface area (Å²) < 4.78 is 19.6. The third-order valence-corrected chi connectivity index (χ3v) is 3.64. The smallest absolute Gasteiger partial charge is 0.124 e. The van der Waals surface area contributed by atoms with Crippen LogP contribution in [0.25, 0.3) is 0 Å². The lowest BCUT2D eigenvalue weighted by atomic mass is 10.2. The molecule has 1 aliphatic carbocycles. The quantitative estimate of drug-likeness (QED) is 0.809. The summed E-state index contributed by atoms with van der Waals surface area (Å²) in [6.45, 7) is 2.22. The Morgan fingerprint density at radius 3 is 2.78 bits per heavy atom. The van der Waals surface area contributed by atoms with Gasteiger partial charge in [0.2, 0.25) is 0 Å². The van der Waals surface area contributed by atoms with Crippen LogP contribution in [0.2, 0.25) is 0 Å². The summed E-state index contributed by atoms with van der Waals surface area (Å²) in [6, 6.07) is 4.94. The van der Waals surface area contributed by atoms with Gasteiger partial charge >= 0.3 is 0 Å². The molecule has 0 bridgehead atoms. The fraction of sp³-hybridized carbons (Fsp3) is 0.571. The van der Waals surface area contributed by atoms with Crippen LogP contribution >= 0.6 is 15.9 Å². The van der Waals surface area contributed by atoms with Crippen LogP contribution in [0.15, 0.2) is 22.7 Å². The number of hydrogen-bond donors (Lipinski definition) is 1. The maximum atomic E-state index is 13.1. The third-order valence-electron chi connectivity index (χ3n) is 3.19. The van der Waals surface area contributed by atoms with E-state index in [1.165, 1.54) is 31.7 Å². The molecular weight excluding hydrogens is 297 g/mol. The molecule has 18 heavy (non-hydrogen) atoms. The van der Waals surface area contributed by atoms with Crippen LogP contribution < -0.4 is 5.32 Å². The van der Waals surface area contributed by atoms with E-state index in [4.69, 9.17) is 4.74 Å². The molecule has 1 N–H and O–H groups in total. The van der Waals surface area contributed by atoms with Crippen LogP contribution in [0.5, 0.6) is 0 Å². The molecule has 0 unspecified atom stereocenters. The van der Waals surface area contributed by atoms with E-state index < -0.39 is 0 Å². The highest BCUT2D eigenvalue weighted by atomic mass is 79.9. The highest BCUT2D eigenvalue weighted by Gasteiger charge is 2.14. The number of hydrogen-bond acceptors (Lipinski definition) is 2. The normalized spacial score (nSPS) is 16.3. The van der Waals surface area contributed by atoms with E-state index in [0.717, 1.165) is 23.2 Å². The average molecular weight is 316 g/mol. The van der Waals surface area contributed by atoms with Gasteiger partial charge in [-0.15, -0.1) is 0 Å². The maximum Gasteiger partial charge on any atom is 0.124 e. The van der Waals surface area contributed by atoms with Gasteiger partial charge in [-0.1, -0.05) is 28.8 Å². The Balaban J connectivity index is 1.62. The first-order valence-corrected chi connectivity index (χ1v) is 7.30. The number of benzene rings is 1. The van der Waals surface area contributed by atoms with Crippen LogP contribution in [-0.2, 0) is 11.3 Å². The summed E-state index contributed by atoms with van der Waals surface area (Å²) in [5.74, 6) is -0.205. The zero-order chi connectivity index (χ0) is 12.8. The second-order valence-electron chi connectivity index (χ2n) is 4.73. The SMILES string of the molecule is Fc1cc(Br)cc(CNCCOC2CCCC2)c1. The van der Waals surface area contributed by atoms with Crippen molar-refractivity contribution in [1.29, 1.82) is 0 Å². The summed E-state index contributed by atoms with van der Waals surface area (Å²) in [5, 5.41) is 3.27. The number of nitrogens with one attached hydrogen (secondary N) is 1. The van der Waals surface area contributed by atoms with E-state index in [1.807, 2.05) is 6.07 Å². The first-order valence-electron chi connectivity index (χ1n) is 6.51. The Bertz CT molecular complexity index is 360. The molecule has 2 rings (SSSR count). The zero-order valence-corrected chi connectivity index (χ0v) is 12.0. The van der Waals surface area contributed by atoms with Crippen molar-refractivity contribution in [3.63, 3.8) is 0 Å². The van der Waals surface area contributed by atoms with Gasteiger partial charge in [-0.25, -0.2) is 4.39 Å². The van der Waals surface area contributed by atoms with Gasteiger partial charge in [0.15, 0.2) is 0 Å². The molecule has 1 saturated carbocycles. The largest absolute Gasteiger partial charge is 0.377 e. The average Bonchev–Trinajstić information content (AvgIpc) is 2.80. The standard InChI is InChI=1S/C14H19BrFNO/c15-12-7-11(8-13(16)9-12)10-17-5-6-18-14-3-1-2-4-14/h7-9,14,17H,1-6,10H2. The molecule has 0 spiro atoms. The van der Waals surface area contributed by atoms with Crippen LogP contribution in [0.4, 0.5) is 4.39 Å². The topological polar surface area (TPSA) is 21.3 Å². The van der Waals surface area contributed by atoms with Crippen molar-refractivity contribution in [3.05, 3.63) is 34.1 Å². The van der Waals surface area contributed by atoms with Gasteiger partial charge in [0.1, 0.15) is 5.82 Å². The van der Waals surface area contributed by atoms with Gasteiger partial charge in [0, 0.05) is 17.6 Å². The van der Waals surface area contributed by atoms with Gasteiger partial charge in [0.05, 0.1) is 12.7 Å². The third kappa shape index (κ3) is 4.67. The number of ether oxygens (including phenoxy) is 1. The minimum absolute atomic E-state index is 0.205. The molecule has 1 aromatic rings. The molecule has 1 aromatic carbocycles. The van der Waals surface area contributed by atoms with Crippen molar-refractivity contribution in [1.82, 2.24) is 5.32 Å². The molecular formula is C14H19BrFNO. The lowest BCUT2D eigenvalue weighted by Crippen LogP contribution is -2.21. The van der Waals surface area contributed by atoms with Crippen molar-refractivity contribution in [2.45, 2.75) is 38.3 Å². The van der Waals surface area contributed by atoms with E-state index >= 15 is 0 Å². The molecule has 0 aromatic heterocycles. The Hall–Kier alpha value is -0.450. The highest BCUT2D eigenvalue weighted by molar-refractivity contribution is 9.10. The second-order valence-corrected chi connectivity index (χ2v) is 5.65. The van der Waals surface area contributed by atoms with E-state index in [1.54, 1.807) is 6.07 Å². The molecule has 100 valence electrons. The summed E-state index contributed by atoms with van der Waals surface area (Å²) in [7, 11) is 0. The fourth-order valence-electron chi connectivity index (χ4n) is 2.30. The first-order chi connectivity index (χ1) is 8.74. The molecule has 0 saturated heterocycles. The summed E-state index contributed by atoms with van der Waals surface area (Å²) in [4.78, 5) is 0. The van der Waals surface area contributed by atoms with Gasteiger partial charge in [-0.3, -0.25) is 0 Å². The van der Waals surface area contributed by atoms with Gasteiger partial charge in [0.25, 0.3) is 0 Å². The van der Waals surface area contributed by atoms with Crippen LogP contribution in [0.1, 0.15) is 31.2 Å². The number of halogens is 2. The molecule has 0 radical (unpaired) electrons. The Morgan fingerprint density at radius 2 is 2.06 bits per heavy atom. The van der Waals surface area contributed by atoms with Crippen molar-refractivity contribution in [3.8, 4) is 0 Å². The van der Waals surface area contributed by atoms with Crippen molar-refractivity contribution < 1.29 is 9.13 Å². The van der Waals surface area contributed by atoms with E-state index in [9.17, 15) is 4.39 Å². The van der Waals surface area contributed by atoms with E-state index in [-0.39, 0.29) is 5.82 Å².